The van der Waals surface area contributed by atoms with E-state index in [4.69, 9.17) is 9.47 Å². The molecule has 4 aromatic rings. The average molecular weight is 632 g/mol. The number of thioether (sulfide) groups is 1. The minimum Gasteiger partial charge on any atom is -0.493 e. The van der Waals surface area contributed by atoms with Gasteiger partial charge in [0.25, 0.3) is 11.8 Å². The highest BCUT2D eigenvalue weighted by molar-refractivity contribution is 9.10. The van der Waals surface area contributed by atoms with Crippen molar-refractivity contribution < 1.29 is 23.9 Å². The zero-order chi connectivity index (χ0) is 29.2. The van der Waals surface area contributed by atoms with Crippen molar-refractivity contribution in [1.82, 2.24) is 5.32 Å². The van der Waals surface area contributed by atoms with Crippen molar-refractivity contribution >= 4 is 57.1 Å². The van der Waals surface area contributed by atoms with Gasteiger partial charge in [0.15, 0.2) is 17.3 Å². The SMILES string of the molecule is COc1ccc(/C=C(\NC(=O)c2ccccc2)C(=O)Nc2ccc(SCC(=O)c3ccc(Br)cc3)cc2)cc1OC. The summed E-state index contributed by atoms with van der Waals surface area (Å²) in [6, 6.07) is 28.2. The van der Waals surface area contributed by atoms with Crippen molar-refractivity contribution in [3.63, 3.8) is 0 Å². The van der Waals surface area contributed by atoms with E-state index in [1.807, 2.05) is 30.3 Å². The number of ketones is 1. The summed E-state index contributed by atoms with van der Waals surface area (Å²) in [5.74, 6) is 0.419. The lowest BCUT2D eigenvalue weighted by molar-refractivity contribution is -0.113. The predicted molar refractivity (Wildman–Crippen MR) is 166 cm³/mol. The molecule has 0 atom stereocenters. The Labute approximate surface area is 251 Å². The van der Waals surface area contributed by atoms with Crippen LogP contribution in [0, 0.1) is 0 Å². The largest absolute Gasteiger partial charge is 0.493 e. The Bertz CT molecular complexity index is 1560. The van der Waals surface area contributed by atoms with Gasteiger partial charge in [-0.05, 0) is 72.3 Å². The van der Waals surface area contributed by atoms with Gasteiger partial charge < -0.3 is 20.1 Å². The van der Waals surface area contributed by atoms with E-state index in [2.05, 4.69) is 26.6 Å². The van der Waals surface area contributed by atoms with Crippen LogP contribution in [0.25, 0.3) is 6.08 Å². The van der Waals surface area contributed by atoms with Gasteiger partial charge in [-0.25, -0.2) is 0 Å². The molecule has 0 saturated carbocycles. The standard InChI is InChI=1S/C32H27BrN2O5S/c1-39-29-17-8-21(19-30(29)40-2)18-27(35-31(37)23-6-4-3-5-7-23)32(38)34-25-13-15-26(16-14-25)41-20-28(36)22-9-11-24(33)12-10-22/h3-19H,20H2,1-2H3,(H,34,38)(H,35,37)/b27-18-. The molecule has 2 amide bonds. The number of nitrogens with one attached hydrogen (secondary N) is 2. The molecule has 41 heavy (non-hydrogen) atoms. The first kappa shape index (κ1) is 29.6. The van der Waals surface area contributed by atoms with Crippen molar-refractivity contribution in [3.8, 4) is 11.5 Å². The van der Waals surface area contributed by atoms with Crippen LogP contribution < -0.4 is 20.1 Å². The van der Waals surface area contributed by atoms with Crippen LogP contribution in [0.2, 0.25) is 0 Å². The Balaban J connectivity index is 1.48. The summed E-state index contributed by atoms with van der Waals surface area (Å²) in [6.07, 6.45) is 1.57. The number of carbonyl (C=O) groups excluding carboxylic acids is 3. The van der Waals surface area contributed by atoms with Crippen LogP contribution in [0.3, 0.4) is 0 Å². The molecule has 0 spiro atoms. The van der Waals surface area contributed by atoms with E-state index in [1.54, 1.807) is 72.8 Å². The molecule has 0 aliphatic heterocycles. The van der Waals surface area contributed by atoms with Crippen molar-refractivity contribution in [2.75, 3.05) is 25.3 Å². The van der Waals surface area contributed by atoms with Crippen molar-refractivity contribution in [2.45, 2.75) is 4.90 Å². The van der Waals surface area contributed by atoms with Crippen LogP contribution in [0.15, 0.2) is 112 Å². The Morgan fingerprint density at radius 1 is 0.805 bits per heavy atom. The summed E-state index contributed by atoms with van der Waals surface area (Å²) in [7, 11) is 3.06. The quantitative estimate of drug-likeness (QED) is 0.107. The van der Waals surface area contributed by atoms with Gasteiger partial charge in [-0.3, -0.25) is 14.4 Å². The van der Waals surface area contributed by atoms with Gasteiger partial charge in [-0.2, -0.15) is 0 Å². The maximum Gasteiger partial charge on any atom is 0.272 e. The molecule has 0 heterocycles. The number of halogens is 1. The number of methoxy groups -OCH3 is 2. The van der Waals surface area contributed by atoms with Gasteiger partial charge in [-0.15, -0.1) is 11.8 Å². The number of benzene rings is 4. The molecule has 2 N–H and O–H groups in total. The van der Waals surface area contributed by atoms with E-state index in [1.165, 1.54) is 26.0 Å². The number of amides is 2. The molecule has 0 aromatic heterocycles. The molecule has 0 unspecified atom stereocenters. The summed E-state index contributed by atoms with van der Waals surface area (Å²) in [5.41, 5.74) is 2.27. The molecule has 0 aliphatic carbocycles. The molecule has 9 heteroatoms. The van der Waals surface area contributed by atoms with Crippen molar-refractivity contribution in [2.24, 2.45) is 0 Å². The smallest absolute Gasteiger partial charge is 0.272 e. The summed E-state index contributed by atoms with van der Waals surface area (Å²) in [4.78, 5) is 39.6. The zero-order valence-electron chi connectivity index (χ0n) is 22.3. The summed E-state index contributed by atoms with van der Waals surface area (Å²) >= 11 is 4.78. The van der Waals surface area contributed by atoms with Gasteiger partial charge >= 0.3 is 0 Å². The third-order valence-electron chi connectivity index (χ3n) is 5.90. The second kappa shape index (κ2) is 14.3. The van der Waals surface area contributed by atoms with Crippen LogP contribution in [0.5, 0.6) is 11.5 Å². The van der Waals surface area contributed by atoms with E-state index >= 15 is 0 Å². The first-order valence-corrected chi connectivity index (χ1v) is 14.3. The van der Waals surface area contributed by atoms with E-state index in [0.29, 0.717) is 33.9 Å². The monoisotopic (exact) mass is 630 g/mol. The number of anilines is 1. The lowest BCUT2D eigenvalue weighted by atomic mass is 10.1. The summed E-state index contributed by atoms with van der Waals surface area (Å²) < 4.78 is 11.6. The van der Waals surface area contributed by atoms with Gasteiger partial charge in [-0.1, -0.05) is 52.3 Å². The average Bonchev–Trinajstić information content (AvgIpc) is 3.00. The van der Waals surface area contributed by atoms with Crippen LogP contribution in [-0.2, 0) is 4.79 Å². The fourth-order valence-electron chi connectivity index (χ4n) is 3.75. The van der Waals surface area contributed by atoms with E-state index in [9.17, 15) is 14.4 Å². The fourth-order valence-corrected chi connectivity index (χ4v) is 4.81. The van der Waals surface area contributed by atoms with Gasteiger partial charge in [0.2, 0.25) is 0 Å². The number of rotatable bonds is 11. The number of ether oxygens (including phenoxy) is 2. The molecule has 0 saturated heterocycles. The molecular weight excluding hydrogens is 604 g/mol. The lowest BCUT2D eigenvalue weighted by Crippen LogP contribution is -2.30. The molecule has 4 aromatic carbocycles. The Morgan fingerprint density at radius 2 is 1.49 bits per heavy atom. The molecule has 4 rings (SSSR count). The van der Waals surface area contributed by atoms with Crippen molar-refractivity contribution in [1.29, 1.82) is 0 Å². The van der Waals surface area contributed by atoms with E-state index in [0.717, 1.165) is 9.37 Å². The number of Topliss-reactive ketones (excluding diaryl/α,β-unsaturated/α-hetero) is 1. The first-order valence-electron chi connectivity index (χ1n) is 12.5. The van der Waals surface area contributed by atoms with Crippen LogP contribution >= 0.6 is 27.7 Å². The Morgan fingerprint density at radius 3 is 2.15 bits per heavy atom. The second-order valence-electron chi connectivity index (χ2n) is 8.69. The number of hydrogen-bond acceptors (Lipinski definition) is 6. The fraction of sp³-hybridized carbons (Fsp3) is 0.0938. The van der Waals surface area contributed by atoms with Crippen molar-refractivity contribution in [3.05, 3.63) is 124 Å². The topological polar surface area (TPSA) is 93.7 Å². The summed E-state index contributed by atoms with van der Waals surface area (Å²) in [6.45, 7) is 0. The minimum absolute atomic E-state index is 0.0268. The van der Waals surface area contributed by atoms with Gasteiger partial charge in [0.1, 0.15) is 5.70 Å². The highest BCUT2D eigenvalue weighted by atomic mass is 79.9. The first-order chi connectivity index (χ1) is 19.9. The van der Waals surface area contributed by atoms with E-state index in [-0.39, 0.29) is 17.2 Å². The predicted octanol–water partition coefficient (Wildman–Crippen LogP) is 6.85. The molecule has 0 aliphatic rings. The third kappa shape index (κ3) is 8.33. The third-order valence-corrected chi connectivity index (χ3v) is 7.44. The number of hydrogen-bond donors (Lipinski definition) is 2. The maximum absolute atomic E-state index is 13.3. The normalized spacial score (nSPS) is 11.0. The van der Waals surface area contributed by atoms with Crippen LogP contribution in [-0.4, -0.2) is 37.6 Å². The zero-order valence-corrected chi connectivity index (χ0v) is 24.8. The van der Waals surface area contributed by atoms with Gasteiger partial charge in [0.05, 0.1) is 20.0 Å². The van der Waals surface area contributed by atoms with Gasteiger partial charge in [0, 0.05) is 26.2 Å². The molecular formula is C32H27BrN2O5S. The van der Waals surface area contributed by atoms with Crippen LogP contribution in [0.4, 0.5) is 5.69 Å². The number of carbonyl (C=O) groups is 3. The molecule has 208 valence electrons. The Hall–Kier alpha value is -4.34. The summed E-state index contributed by atoms with van der Waals surface area (Å²) in [5, 5.41) is 5.56. The van der Waals surface area contributed by atoms with E-state index < -0.39 is 11.8 Å². The lowest BCUT2D eigenvalue weighted by Gasteiger charge is -2.13. The highest BCUT2D eigenvalue weighted by Gasteiger charge is 2.16. The Kier molecular flexibility index (Phi) is 10.4. The van der Waals surface area contributed by atoms with Crippen LogP contribution in [0.1, 0.15) is 26.3 Å². The minimum atomic E-state index is -0.505. The molecule has 0 radical (unpaired) electrons. The molecule has 7 nitrogen and oxygen atoms in total. The molecule has 0 fully saturated rings. The second-order valence-corrected chi connectivity index (χ2v) is 10.7. The maximum atomic E-state index is 13.3. The molecule has 0 bridgehead atoms. The highest BCUT2D eigenvalue weighted by Crippen LogP contribution is 2.28.